The van der Waals surface area contributed by atoms with E-state index >= 15 is 0 Å². The number of piperidine rings is 1. The van der Waals surface area contributed by atoms with Crippen molar-refractivity contribution in [2.24, 2.45) is 5.92 Å². The maximum atomic E-state index is 12.7. The van der Waals surface area contributed by atoms with E-state index in [-0.39, 0.29) is 11.0 Å². The molecule has 1 aromatic carbocycles. The van der Waals surface area contributed by atoms with Crippen molar-refractivity contribution >= 4 is 16.9 Å². The lowest BCUT2D eigenvalue weighted by atomic mass is 9.94. The summed E-state index contributed by atoms with van der Waals surface area (Å²) in [5.74, 6) is 0.439. The Morgan fingerprint density at radius 1 is 1.32 bits per heavy atom. The average Bonchev–Trinajstić information content (AvgIpc) is 3.03. The number of nitrogens with one attached hydrogen (secondary N) is 2. The second-order valence-electron chi connectivity index (χ2n) is 6.60. The number of rotatable bonds is 3. The van der Waals surface area contributed by atoms with Gasteiger partial charge in [-0.25, -0.2) is 4.79 Å². The molecule has 0 aliphatic carbocycles. The maximum Gasteiger partial charge on any atom is 0.362 e. The summed E-state index contributed by atoms with van der Waals surface area (Å²) in [6, 6.07) is 5.51. The summed E-state index contributed by atoms with van der Waals surface area (Å²) in [6.07, 6.45) is 3.69. The Morgan fingerprint density at radius 3 is 3.00 bits per heavy atom. The Bertz CT molecular complexity index is 849. The topological polar surface area (TPSA) is 83.7 Å². The monoisotopic (exact) mass is 343 g/mol. The molecule has 0 saturated carbocycles. The van der Waals surface area contributed by atoms with Crippen LogP contribution in [0.1, 0.15) is 23.2 Å². The average molecular weight is 343 g/mol. The molecule has 2 N–H and O–H groups in total. The number of carbonyl (C=O) groups is 1. The lowest BCUT2D eigenvalue weighted by Crippen LogP contribution is -2.40. The Balaban J connectivity index is 1.56. The molecule has 0 spiro atoms. The fraction of sp³-hybridized carbons (Fsp3) is 0.444. The fourth-order valence-electron chi connectivity index (χ4n) is 3.79. The zero-order valence-corrected chi connectivity index (χ0v) is 14.1. The lowest BCUT2D eigenvalue weighted by molar-refractivity contribution is -0.0959. The molecule has 7 nitrogen and oxygen atoms in total. The van der Waals surface area contributed by atoms with E-state index in [0.717, 1.165) is 19.4 Å². The number of nitrogens with zero attached hydrogens (tertiary/aromatic N) is 1. The highest BCUT2D eigenvalue weighted by Gasteiger charge is 2.36. The number of hydrogen-bond donors (Lipinski definition) is 2. The summed E-state index contributed by atoms with van der Waals surface area (Å²) in [5.41, 5.74) is 0.221. The van der Waals surface area contributed by atoms with Gasteiger partial charge in [-0.3, -0.25) is 4.79 Å². The molecule has 2 unspecified atom stereocenters. The standard InChI is InChI=1S/C18H21N3O4/c1-24-15-6-2-5-12-16(15)20-8-13(17(12)22)18(23)25-21-9-11-4-3-7-19-14(11)10-21/h2,5-6,8,11,14,19H,3-4,7,9-10H2,1H3,(H,20,22). The third-order valence-electron chi connectivity index (χ3n) is 5.09. The summed E-state index contributed by atoms with van der Waals surface area (Å²) in [6.45, 7) is 2.38. The van der Waals surface area contributed by atoms with Gasteiger partial charge in [0.1, 0.15) is 11.3 Å². The predicted molar refractivity (Wildman–Crippen MR) is 92.6 cm³/mol. The molecular formula is C18H21N3O4. The van der Waals surface area contributed by atoms with Gasteiger partial charge in [-0.1, -0.05) is 6.07 Å². The normalized spacial score (nSPS) is 23.4. The van der Waals surface area contributed by atoms with Crippen LogP contribution in [0.3, 0.4) is 0 Å². The van der Waals surface area contributed by atoms with Crippen molar-refractivity contribution in [3.8, 4) is 5.75 Å². The lowest BCUT2D eigenvalue weighted by Gasteiger charge is -2.24. The van der Waals surface area contributed by atoms with Gasteiger partial charge in [-0.05, 0) is 37.4 Å². The molecule has 1 aromatic heterocycles. The first-order valence-corrected chi connectivity index (χ1v) is 8.56. The van der Waals surface area contributed by atoms with Crippen molar-refractivity contribution in [3.05, 3.63) is 40.2 Å². The Kier molecular flexibility index (Phi) is 4.19. The highest BCUT2D eigenvalue weighted by atomic mass is 16.7. The molecule has 3 heterocycles. The number of hydroxylamine groups is 2. The van der Waals surface area contributed by atoms with Gasteiger partial charge in [0.15, 0.2) is 0 Å². The van der Waals surface area contributed by atoms with Crippen LogP contribution in [0.15, 0.2) is 29.2 Å². The zero-order chi connectivity index (χ0) is 17.4. The minimum atomic E-state index is -0.621. The van der Waals surface area contributed by atoms with Gasteiger partial charge in [-0.2, -0.15) is 0 Å². The van der Waals surface area contributed by atoms with Gasteiger partial charge >= 0.3 is 5.97 Å². The molecule has 0 amide bonds. The van der Waals surface area contributed by atoms with E-state index < -0.39 is 5.97 Å². The number of aromatic amines is 1. The summed E-state index contributed by atoms with van der Waals surface area (Å²) in [4.78, 5) is 33.6. The first kappa shape index (κ1) is 16.1. The number of ether oxygens (including phenoxy) is 1. The van der Waals surface area contributed by atoms with Gasteiger partial charge < -0.3 is 19.9 Å². The number of H-pyrrole nitrogens is 1. The SMILES string of the molecule is COc1cccc2c(=O)c(C(=O)ON3CC4CCCNC4C3)c[nH]c12. The van der Waals surface area contributed by atoms with E-state index in [1.54, 1.807) is 23.3 Å². The fourth-order valence-corrected chi connectivity index (χ4v) is 3.79. The van der Waals surface area contributed by atoms with E-state index in [4.69, 9.17) is 9.57 Å². The quantitative estimate of drug-likeness (QED) is 0.874. The Hall–Kier alpha value is -2.38. The van der Waals surface area contributed by atoms with Crippen LogP contribution in [-0.2, 0) is 4.84 Å². The minimum absolute atomic E-state index is 0.00332. The number of hydrogen-bond acceptors (Lipinski definition) is 6. The van der Waals surface area contributed by atoms with Crippen molar-refractivity contribution in [1.29, 1.82) is 0 Å². The number of aromatic nitrogens is 1. The zero-order valence-electron chi connectivity index (χ0n) is 14.1. The third kappa shape index (κ3) is 2.89. The van der Waals surface area contributed by atoms with Crippen LogP contribution >= 0.6 is 0 Å². The molecule has 25 heavy (non-hydrogen) atoms. The Labute approximate surface area is 144 Å². The maximum absolute atomic E-state index is 12.7. The van der Waals surface area contributed by atoms with E-state index in [2.05, 4.69) is 10.3 Å². The van der Waals surface area contributed by atoms with E-state index in [9.17, 15) is 9.59 Å². The summed E-state index contributed by atoms with van der Waals surface area (Å²) in [5, 5.41) is 5.54. The van der Waals surface area contributed by atoms with E-state index in [1.165, 1.54) is 13.3 Å². The summed E-state index contributed by atoms with van der Waals surface area (Å²) < 4.78 is 5.24. The third-order valence-corrected chi connectivity index (χ3v) is 5.09. The molecule has 2 aliphatic rings. The molecule has 2 atom stereocenters. The van der Waals surface area contributed by atoms with Crippen LogP contribution in [0.5, 0.6) is 5.75 Å². The van der Waals surface area contributed by atoms with Gasteiger partial charge in [0.25, 0.3) is 0 Å². The first-order valence-electron chi connectivity index (χ1n) is 8.56. The molecule has 4 rings (SSSR count). The van der Waals surface area contributed by atoms with Crippen molar-refractivity contribution in [3.63, 3.8) is 0 Å². The minimum Gasteiger partial charge on any atom is -0.495 e. The largest absolute Gasteiger partial charge is 0.495 e. The van der Waals surface area contributed by atoms with Crippen LogP contribution in [0.4, 0.5) is 0 Å². The number of benzene rings is 1. The second kappa shape index (κ2) is 6.50. The summed E-state index contributed by atoms with van der Waals surface area (Å²) in [7, 11) is 1.54. The van der Waals surface area contributed by atoms with Crippen LogP contribution in [0.2, 0.25) is 0 Å². The number of fused-ring (bicyclic) bond motifs is 2. The Morgan fingerprint density at radius 2 is 2.20 bits per heavy atom. The van der Waals surface area contributed by atoms with Crippen molar-refractivity contribution in [2.45, 2.75) is 18.9 Å². The molecular weight excluding hydrogens is 322 g/mol. The molecule has 132 valence electrons. The molecule has 2 aliphatic heterocycles. The predicted octanol–water partition coefficient (Wildman–Crippen LogP) is 1.29. The van der Waals surface area contributed by atoms with Crippen LogP contribution < -0.4 is 15.5 Å². The van der Waals surface area contributed by atoms with Crippen molar-refractivity contribution < 1.29 is 14.4 Å². The van der Waals surface area contributed by atoms with Crippen molar-refractivity contribution in [2.75, 3.05) is 26.7 Å². The van der Waals surface area contributed by atoms with Crippen LogP contribution in [-0.4, -0.2) is 48.8 Å². The number of carbonyl (C=O) groups excluding carboxylic acids is 1. The highest BCUT2D eigenvalue weighted by molar-refractivity contribution is 5.94. The van der Waals surface area contributed by atoms with E-state index in [0.29, 0.717) is 41.7 Å². The van der Waals surface area contributed by atoms with Gasteiger partial charge in [0, 0.05) is 18.8 Å². The van der Waals surface area contributed by atoms with Gasteiger partial charge in [0.05, 0.1) is 24.6 Å². The summed E-state index contributed by atoms with van der Waals surface area (Å²) >= 11 is 0. The second-order valence-corrected chi connectivity index (χ2v) is 6.60. The van der Waals surface area contributed by atoms with Gasteiger partial charge in [-0.15, -0.1) is 5.06 Å². The van der Waals surface area contributed by atoms with Crippen molar-refractivity contribution in [1.82, 2.24) is 15.4 Å². The van der Waals surface area contributed by atoms with E-state index in [1.807, 2.05) is 0 Å². The number of pyridine rings is 1. The molecule has 2 saturated heterocycles. The molecule has 7 heteroatoms. The molecule has 0 bridgehead atoms. The molecule has 2 aromatic rings. The highest BCUT2D eigenvalue weighted by Crippen LogP contribution is 2.25. The first-order chi connectivity index (χ1) is 12.2. The smallest absolute Gasteiger partial charge is 0.362 e. The van der Waals surface area contributed by atoms with Crippen LogP contribution in [0.25, 0.3) is 10.9 Å². The van der Waals surface area contributed by atoms with Gasteiger partial charge in [0.2, 0.25) is 5.43 Å². The number of methoxy groups -OCH3 is 1. The number of para-hydroxylation sites is 1. The van der Waals surface area contributed by atoms with Crippen LogP contribution in [0, 0.1) is 5.92 Å². The molecule has 2 fully saturated rings. The molecule has 0 radical (unpaired) electrons.